The number of amides is 5. The normalized spacial score (nSPS) is 19.7. The summed E-state index contributed by atoms with van der Waals surface area (Å²) in [6.45, 7) is 11.4. The maximum absolute atomic E-state index is 13.9. The number of fused-ring (bicyclic) bond motifs is 1. The Hall–Kier alpha value is -5.36. The zero-order chi connectivity index (χ0) is 50.5. The third-order valence-corrected chi connectivity index (χ3v) is 16.6. The largest absolute Gasteiger partial charge is 0.496 e. The van der Waals surface area contributed by atoms with E-state index in [0.29, 0.717) is 54.3 Å². The molecule has 5 heterocycles. The predicted octanol–water partition coefficient (Wildman–Crippen LogP) is 9.31. The van der Waals surface area contributed by atoms with Crippen LogP contribution in [0.4, 0.5) is 16.3 Å². The first-order valence-electron chi connectivity index (χ1n) is 25.3. The molecule has 1 atom stereocenters. The van der Waals surface area contributed by atoms with Crippen LogP contribution in [0.3, 0.4) is 0 Å². The van der Waals surface area contributed by atoms with Crippen molar-refractivity contribution in [3.05, 3.63) is 97.4 Å². The highest BCUT2D eigenvalue weighted by molar-refractivity contribution is 7.10. The number of aryl methyl sites for hydroxylation is 1. The third kappa shape index (κ3) is 11.7. The van der Waals surface area contributed by atoms with Crippen molar-refractivity contribution in [2.75, 3.05) is 89.9 Å². The van der Waals surface area contributed by atoms with E-state index in [1.807, 2.05) is 37.1 Å². The van der Waals surface area contributed by atoms with E-state index >= 15 is 0 Å². The Morgan fingerprint density at radius 3 is 2.42 bits per heavy atom. The summed E-state index contributed by atoms with van der Waals surface area (Å²) in [5.41, 5.74) is 6.17. The summed E-state index contributed by atoms with van der Waals surface area (Å²) in [7, 11) is 3.66. The topological polar surface area (TPSA) is 162 Å². The minimum absolute atomic E-state index is 0.0172. The van der Waals surface area contributed by atoms with Crippen LogP contribution in [-0.2, 0) is 20.9 Å². The number of hydrogen-bond donors (Lipinski definition) is 3. The van der Waals surface area contributed by atoms with Gasteiger partial charge in [-0.3, -0.25) is 29.5 Å². The van der Waals surface area contributed by atoms with Crippen molar-refractivity contribution in [1.82, 2.24) is 35.3 Å². The van der Waals surface area contributed by atoms with Gasteiger partial charge in [-0.15, -0.1) is 11.3 Å². The molecule has 3 aliphatic heterocycles. The van der Waals surface area contributed by atoms with Crippen LogP contribution < -0.4 is 25.6 Å². The first-order valence-corrected chi connectivity index (χ1v) is 26.9. The molecule has 9 rings (SSSR count). The number of halogens is 2. The molecule has 1 saturated carbocycles. The molecule has 0 radical (unpaired) electrons. The van der Waals surface area contributed by atoms with E-state index < -0.39 is 6.03 Å². The molecular formula is C54H65Cl2N9O6S. The number of nitrogens with one attached hydrogen (secondary N) is 3. The highest BCUT2D eigenvalue weighted by Gasteiger charge is 2.34. The molecule has 0 bridgehead atoms. The van der Waals surface area contributed by atoms with E-state index in [4.69, 9.17) is 42.6 Å². The van der Waals surface area contributed by atoms with E-state index in [1.54, 1.807) is 36.6 Å². The molecule has 3 N–H and O–H groups in total. The Bertz CT molecular complexity index is 2790. The van der Waals surface area contributed by atoms with E-state index in [-0.39, 0.29) is 48.6 Å². The number of imide groups is 1. The Labute approximate surface area is 435 Å². The fraction of sp³-hybridized carbons (Fsp3) is 0.481. The van der Waals surface area contributed by atoms with Crippen LogP contribution in [0.1, 0.15) is 96.0 Å². The zero-order valence-electron chi connectivity index (χ0n) is 41.6. The first kappa shape index (κ1) is 51.5. The average Bonchev–Trinajstić information content (AvgIpc) is 3.88. The summed E-state index contributed by atoms with van der Waals surface area (Å²) in [6.07, 6.45) is 5.34. The standard InChI is InChI=1S/C54H65Cl2N9O6S/c1-33(48-27-40(32-72-48)50-39(30-57-3)6-5-7-44(50)56)58-51-42-28-41(47(70-4)29-45(42)59-34(2)60-51)36-8-10-37(11-9-36)52(67)64-22-20-62(21-23-64)24-25-71-31-35-14-17-63(18-15-35)53(68)38-12-13-43(55)46(26-38)65-19-16-49(66)61-54(65)69/h5-7,12-13,26-29,32-33,35-37,57H,8-11,14-25,30-31H2,1-4H3,(H,58,59,60)(H,61,66,69)/t33-,36?,37?/m1/s1. The van der Waals surface area contributed by atoms with E-state index in [0.717, 1.165) is 128 Å². The van der Waals surface area contributed by atoms with E-state index in [9.17, 15) is 19.2 Å². The van der Waals surface area contributed by atoms with Crippen LogP contribution in [0.15, 0.2) is 60.0 Å². The van der Waals surface area contributed by atoms with Gasteiger partial charge in [0.25, 0.3) is 5.91 Å². The number of carbonyl (C=O) groups excluding carboxylic acids is 4. The van der Waals surface area contributed by atoms with Crippen molar-refractivity contribution in [2.24, 2.45) is 11.8 Å². The molecule has 2 aromatic heterocycles. The lowest BCUT2D eigenvalue weighted by Gasteiger charge is -2.38. The number of aromatic nitrogens is 2. The van der Waals surface area contributed by atoms with Crippen LogP contribution in [0.5, 0.6) is 5.75 Å². The quantitative estimate of drug-likeness (QED) is 0.0808. The predicted molar refractivity (Wildman–Crippen MR) is 285 cm³/mol. The second-order valence-electron chi connectivity index (χ2n) is 19.6. The lowest BCUT2D eigenvalue weighted by atomic mass is 9.77. The number of rotatable bonds is 16. The summed E-state index contributed by atoms with van der Waals surface area (Å²) in [5.74, 6) is 2.77. The lowest BCUT2D eigenvalue weighted by molar-refractivity contribution is -0.138. The second kappa shape index (κ2) is 23.2. The van der Waals surface area contributed by atoms with Crippen LogP contribution in [0, 0.1) is 18.8 Å². The van der Waals surface area contributed by atoms with Gasteiger partial charge >= 0.3 is 6.03 Å². The van der Waals surface area contributed by atoms with E-state index in [1.165, 1.54) is 9.78 Å². The van der Waals surface area contributed by atoms with Crippen LogP contribution in [-0.4, -0.2) is 128 Å². The van der Waals surface area contributed by atoms with Crippen LogP contribution in [0.2, 0.25) is 10.0 Å². The Morgan fingerprint density at radius 1 is 0.903 bits per heavy atom. The van der Waals surface area contributed by atoms with Gasteiger partial charge in [-0.1, -0.05) is 35.3 Å². The fourth-order valence-corrected chi connectivity index (χ4v) is 12.2. The number of thiophene rings is 1. The monoisotopic (exact) mass is 1040 g/mol. The molecule has 15 nitrogen and oxygen atoms in total. The van der Waals surface area contributed by atoms with Gasteiger partial charge in [0, 0.05) is 110 Å². The molecule has 0 spiro atoms. The summed E-state index contributed by atoms with van der Waals surface area (Å²) in [6, 6.07) is 16.9. The minimum Gasteiger partial charge on any atom is -0.496 e. The molecule has 5 amide bonds. The maximum atomic E-state index is 13.9. The van der Waals surface area contributed by atoms with Gasteiger partial charge in [-0.25, -0.2) is 14.8 Å². The van der Waals surface area contributed by atoms with Gasteiger partial charge < -0.3 is 29.9 Å². The molecule has 0 unspecified atom stereocenters. The summed E-state index contributed by atoms with van der Waals surface area (Å²) >= 11 is 14.8. The smallest absolute Gasteiger partial charge is 0.328 e. The summed E-state index contributed by atoms with van der Waals surface area (Å²) in [5, 5.41) is 13.5. The van der Waals surface area contributed by atoms with Gasteiger partial charge in [0.05, 0.1) is 36.0 Å². The Morgan fingerprint density at radius 2 is 1.68 bits per heavy atom. The molecule has 18 heteroatoms. The number of hydrogen-bond acceptors (Lipinski definition) is 12. The van der Waals surface area contributed by atoms with Crippen molar-refractivity contribution >= 4 is 80.7 Å². The number of carbonyl (C=O) groups is 4. The summed E-state index contributed by atoms with van der Waals surface area (Å²) < 4.78 is 12.2. The number of likely N-dealkylation sites (tertiary alicyclic amines) is 1. The first-order chi connectivity index (χ1) is 34.9. The van der Waals surface area contributed by atoms with Crippen molar-refractivity contribution in [2.45, 2.75) is 77.3 Å². The van der Waals surface area contributed by atoms with Gasteiger partial charge in [-0.05, 0) is 130 Å². The number of methoxy groups -OCH3 is 1. The number of nitrogens with zero attached hydrogens (tertiary/aromatic N) is 6. The van der Waals surface area contributed by atoms with Crippen LogP contribution in [0.25, 0.3) is 22.0 Å². The molecule has 4 fully saturated rings. The third-order valence-electron chi connectivity index (χ3n) is 14.9. The fourth-order valence-electron chi connectivity index (χ4n) is 10.8. The SMILES string of the molecule is CNCc1cccc(Cl)c1-c1csc([C@@H](C)Nc2nc(C)nc3cc(OC)c(C4CCC(C(=O)N5CCN(CCOCC6CCN(C(=O)c7ccc(Cl)c(N8CCC(=O)NC8=O)c7)CC6)CC5)CC4)cc23)c1. The number of piperidine rings is 1. The molecular weight excluding hydrogens is 974 g/mol. The van der Waals surface area contributed by atoms with Crippen molar-refractivity contribution < 1.29 is 28.7 Å². The maximum Gasteiger partial charge on any atom is 0.328 e. The Balaban J connectivity index is 0.717. The summed E-state index contributed by atoms with van der Waals surface area (Å²) in [4.78, 5) is 70.1. The molecule has 3 aromatic carbocycles. The molecule has 1 aliphatic carbocycles. The number of anilines is 2. The van der Waals surface area contributed by atoms with Crippen LogP contribution >= 0.6 is 34.5 Å². The highest BCUT2D eigenvalue weighted by atomic mass is 35.5. The molecule has 72 heavy (non-hydrogen) atoms. The minimum atomic E-state index is -0.540. The number of piperazine rings is 1. The van der Waals surface area contributed by atoms with E-state index in [2.05, 4.69) is 56.3 Å². The molecule has 3 saturated heterocycles. The molecule has 4 aliphatic rings. The molecule has 5 aromatic rings. The van der Waals surface area contributed by atoms with Gasteiger partial charge in [0.1, 0.15) is 17.4 Å². The van der Waals surface area contributed by atoms with Crippen molar-refractivity contribution in [3.8, 4) is 16.9 Å². The van der Waals surface area contributed by atoms with Crippen molar-refractivity contribution in [3.63, 3.8) is 0 Å². The van der Waals surface area contributed by atoms with Gasteiger partial charge in [0.2, 0.25) is 11.8 Å². The number of ether oxygens (including phenoxy) is 2. The van der Waals surface area contributed by atoms with Gasteiger partial charge in [0.15, 0.2) is 0 Å². The molecule has 382 valence electrons. The number of benzene rings is 3. The highest BCUT2D eigenvalue weighted by Crippen LogP contribution is 2.43. The second-order valence-corrected chi connectivity index (χ2v) is 21.3. The Kier molecular flexibility index (Phi) is 16.6. The van der Waals surface area contributed by atoms with Crippen molar-refractivity contribution in [1.29, 1.82) is 0 Å². The lowest BCUT2D eigenvalue weighted by Crippen LogP contribution is -2.51. The average molecular weight is 1040 g/mol. The van der Waals surface area contributed by atoms with Gasteiger partial charge in [-0.2, -0.15) is 0 Å². The number of urea groups is 1. The zero-order valence-corrected chi connectivity index (χ0v) is 43.9.